The van der Waals surface area contributed by atoms with Crippen molar-refractivity contribution in [2.75, 3.05) is 25.0 Å². The molecule has 1 aromatic heterocycles. The molecule has 3 rings (SSSR count). The molecule has 1 saturated heterocycles. The number of ether oxygens (including phenoxy) is 1. The van der Waals surface area contributed by atoms with E-state index in [1.54, 1.807) is 17.3 Å². The molecule has 1 amide bonds. The minimum absolute atomic E-state index is 0.103. The molecule has 2 heterocycles. The van der Waals surface area contributed by atoms with Gasteiger partial charge in [-0.2, -0.15) is 0 Å². The van der Waals surface area contributed by atoms with E-state index >= 15 is 0 Å². The van der Waals surface area contributed by atoms with Crippen LogP contribution in [0.5, 0.6) is 0 Å². The molecule has 1 unspecified atom stereocenters. The number of nitrogens with zero attached hydrogens (tertiary/aromatic N) is 2. The number of β-amino-alcohol motifs (C(OH)–C–C–N with tert-alkyl or cyclic N) is 1. The first kappa shape index (κ1) is 17.2. The number of likely N-dealkylation sites (tertiary alicyclic amines) is 1. The van der Waals surface area contributed by atoms with Gasteiger partial charge in [-0.25, -0.2) is 4.79 Å². The summed E-state index contributed by atoms with van der Waals surface area (Å²) in [5.41, 5.74) is 1.93. The number of rotatable bonds is 5. The van der Waals surface area contributed by atoms with Crippen molar-refractivity contribution >= 4 is 11.8 Å². The molecule has 6 heteroatoms. The van der Waals surface area contributed by atoms with Crippen molar-refractivity contribution in [3.63, 3.8) is 0 Å². The van der Waals surface area contributed by atoms with Gasteiger partial charge in [0.2, 0.25) is 0 Å². The van der Waals surface area contributed by atoms with E-state index in [-0.39, 0.29) is 18.6 Å². The zero-order valence-corrected chi connectivity index (χ0v) is 14.0. The third kappa shape index (κ3) is 4.93. The Morgan fingerprint density at radius 1 is 1.24 bits per heavy atom. The third-order valence-corrected chi connectivity index (χ3v) is 4.43. The second-order valence-electron chi connectivity index (χ2n) is 6.22. The number of aliphatic hydroxyl groups excluding tert-OH is 1. The maximum atomic E-state index is 12.2. The van der Waals surface area contributed by atoms with Crippen molar-refractivity contribution < 1.29 is 14.6 Å². The van der Waals surface area contributed by atoms with Crippen LogP contribution in [-0.4, -0.2) is 46.8 Å². The molecule has 0 bridgehead atoms. The van der Waals surface area contributed by atoms with E-state index < -0.39 is 6.10 Å². The summed E-state index contributed by atoms with van der Waals surface area (Å²) in [7, 11) is 0. The number of carbonyl (C=O) groups is 1. The number of aromatic nitrogens is 1. The number of hydrogen-bond acceptors (Lipinski definition) is 5. The molecule has 132 valence electrons. The number of pyridine rings is 1. The van der Waals surface area contributed by atoms with Crippen molar-refractivity contribution in [2.24, 2.45) is 5.92 Å². The Bertz CT molecular complexity index is 666. The van der Waals surface area contributed by atoms with Crippen LogP contribution in [0.2, 0.25) is 0 Å². The first-order valence-corrected chi connectivity index (χ1v) is 8.50. The Labute approximate surface area is 147 Å². The van der Waals surface area contributed by atoms with Crippen molar-refractivity contribution in [3.05, 3.63) is 60.4 Å². The predicted molar refractivity (Wildman–Crippen MR) is 95.0 cm³/mol. The van der Waals surface area contributed by atoms with E-state index in [0.29, 0.717) is 19.6 Å². The summed E-state index contributed by atoms with van der Waals surface area (Å²) in [6.07, 6.45) is 3.25. The average molecular weight is 341 g/mol. The number of anilines is 1. The van der Waals surface area contributed by atoms with Crippen molar-refractivity contribution in [2.45, 2.75) is 19.1 Å². The second-order valence-corrected chi connectivity index (χ2v) is 6.22. The standard InChI is InChI=1S/C19H23N3O3/c23-18-13-22(19(24)25-14-15-4-2-1-3-5-15)11-8-16(18)12-21-17-6-9-20-10-7-17/h1-7,9-10,16,18,23H,8,11-14H2,(H,20,21)/t16?,18-/m1/s1. The van der Waals surface area contributed by atoms with E-state index in [1.807, 2.05) is 42.5 Å². The van der Waals surface area contributed by atoms with E-state index in [4.69, 9.17) is 4.74 Å². The molecule has 25 heavy (non-hydrogen) atoms. The SMILES string of the molecule is O=C(OCc1ccccc1)N1CCC(CNc2ccncc2)[C@H](O)C1. The molecule has 2 atom stereocenters. The molecule has 2 N–H and O–H groups in total. The van der Waals surface area contributed by atoms with E-state index in [1.165, 1.54) is 0 Å². The number of carbonyl (C=O) groups excluding carboxylic acids is 1. The topological polar surface area (TPSA) is 74.7 Å². The van der Waals surface area contributed by atoms with Gasteiger partial charge in [-0.1, -0.05) is 30.3 Å². The number of benzene rings is 1. The number of piperidine rings is 1. The van der Waals surface area contributed by atoms with Crippen molar-refractivity contribution in [3.8, 4) is 0 Å². The summed E-state index contributed by atoms with van der Waals surface area (Å²) in [5.74, 6) is 0.103. The highest BCUT2D eigenvalue weighted by Gasteiger charge is 2.30. The van der Waals surface area contributed by atoms with Gasteiger partial charge in [0.15, 0.2) is 0 Å². The lowest BCUT2D eigenvalue weighted by atomic mass is 9.94. The zero-order valence-electron chi connectivity index (χ0n) is 14.0. The fourth-order valence-corrected chi connectivity index (χ4v) is 2.91. The predicted octanol–water partition coefficient (Wildman–Crippen LogP) is 2.51. The van der Waals surface area contributed by atoms with Gasteiger partial charge in [-0.05, 0) is 24.1 Å². The van der Waals surface area contributed by atoms with Crippen LogP contribution in [0.1, 0.15) is 12.0 Å². The second kappa shape index (κ2) is 8.48. The first-order chi connectivity index (χ1) is 12.2. The Balaban J connectivity index is 1.43. The largest absolute Gasteiger partial charge is 0.445 e. The van der Waals surface area contributed by atoms with E-state index in [0.717, 1.165) is 17.7 Å². The first-order valence-electron chi connectivity index (χ1n) is 8.50. The van der Waals surface area contributed by atoms with Crippen LogP contribution in [0.25, 0.3) is 0 Å². The third-order valence-electron chi connectivity index (χ3n) is 4.43. The van der Waals surface area contributed by atoms with Gasteiger partial charge >= 0.3 is 6.09 Å². The average Bonchev–Trinajstić information content (AvgIpc) is 2.66. The summed E-state index contributed by atoms with van der Waals surface area (Å²) < 4.78 is 5.33. The van der Waals surface area contributed by atoms with Crippen molar-refractivity contribution in [1.29, 1.82) is 0 Å². The summed E-state index contributed by atoms with van der Waals surface area (Å²) in [6, 6.07) is 13.4. The minimum atomic E-state index is -0.563. The number of nitrogens with one attached hydrogen (secondary N) is 1. The molecular formula is C19H23N3O3. The summed E-state index contributed by atoms with van der Waals surface area (Å²) in [6.45, 7) is 1.81. The Morgan fingerprint density at radius 3 is 2.72 bits per heavy atom. The number of aliphatic hydroxyl groups is 1. The molecule has 1 aliphatic rings. The molecule has 0 spiro atoms. The maximum Gasteiger partial charge on any atom is 0.410 e. The summed E-state index contributed by atoms with van der Waals surface area (Å²) >= 11 is 0. The molecular weight excluding hydrogens is 318 g/mol. The van der Waals surface area contributed by atoms with Crippen LogP contribution in [0, 0.1) is 5.92 Å². The summed E-state index contributed by atoms with van der Waals surface area (Å²) in [4.78, 5) is 17.7. The quantitative estimate of drug-likeness (QED) is 0.874. The molecule has 0 aliphatic carbocycles. The molecule has 2 aromatic rings. The monoisotopic (exact) mass is 341 g/mol. The fraction of sp³-hybridized carbons (Fsp3) is 0.368. The number of hydrogen-bond donors (Lipinski definition) is 2. The van der Waals surface area contributed by atoms with Gasteiger partial charge in [-0.3, -0.25) is 4.98 Å². The van der Waals surface area contributed by atoms with Gasteiger partial charge in [0.1, 0.15) is 6.61 Å². The van der Waals surface area contributed by atoms with Crippen LogP contribution >= 0.6 is 0 Å². The van der Waals surface area contributed by atoms with Crippen LogP contribution in [-0.2, 0) is 11.3 Å². The molecule has 1 aromatic carbocycles. The van der Waals surface area contributed by atoms with Gasteiger partial charge in [0.05, 0.1) is 12.6 Å². The smallest absolute Gasteiger partial charge is 0.410 e. The highest BCUT2D eigenvalue weighted by molar-refractivity contribution is 5.67. The summed E-state index contributed by atoms with van der Waals surface area (Å²) in [5, 5.41) is 13.7. The molecule has 1 fully saturated rings. The van der Waals surface area contributed by atoms with Gasteiger partial charge in [0, 0.05) is 37.1 Å². The molecule has 0 radical (unpaired) electrons. The molecule has 6 nitrogen and oxygen atoms in total. The maximum absolute atomic E-state index is 12.2. The van der Waals surface area contributed by atoms with Gasteiger partial charge in [-0.15, -0.1) is 0 Å². The Kier molecular flexibility index (Phi) is 5.85. The highest BCUT2D eigenvalue weighted by Crippen LogP contribution is 2.20. The van der Waals surface area contributed by atoms with E-state index in [9.17, 15) is 9.90 Å². The lowest BCUT2D eigenvalue weighted by molar-refractivity contribution is 0.0175. The van der Waals surface area contributed by atoms with Gasteiger partial charge in [0.25, 0.3) is 0 Å². The van der Waals surface area contributed by atoms with Crippen molar-refractivity contribution in [1.82, 2.24) is 9.88 Å². The van der Waals surface area contributed by atoms with E-state index in [2.05, 4.69) is 10.3 Å². The van der Waals surface area contributed by atoms with Crippen LogP contribution in [0.3, 0.4) is 0 Å². The Hall–Kier alpha value is -2.60. The zero-order chi connectivity index (χ0) is 17.5. The lowest BCUT2D eigenvalue weighted by Gasteiger charge is -2.35. The lowest BCUT2D eigenvalue weighted by Crippen LogP contribution is -2.48. The van der Waals surface area contributed by atoms with Crippen LogP contribution in [0.4, 0.5) is 10.5 Å². The molecule has 1 aliphatic heterocycles. The molecule has 0 saturated carbocycles. The highest BCUT2D eigenvalue weighted by atomic mass is 16.6. The number of amides is 1. The fourth-order valence-electron chi connectivity index (χ4n) is 2.91. The normalized spacial score (nSPS) is 20.1. The minimum Gasteiger partial charge on any atom is -0.445 e. The Morgan fingerprint density at radius 2 is 2.00 bits per heavy atom. The van der Waals surface area contributed by atoms with Crippen LogP contribution in [0.15, 0.2) is 54.9 Å². The van der Waals surface area contributed by atoms with Crippen LogP contribution < -0.4 is 5.32 Å². The van der Waals surface area contributed by atoms with Gasteiger partial charge < -0.3 is 20.1 Å².